The Balaban J connectivity index is 2.37. The van der Waals surface area contributed by atoms with Crippen LogP contribution in [0, 0.1) is 5.41 Å². The third-order valence-corrected chi connectivity index (χ3v) is 2.99. The van der Waals surface area contributed by atoms with E-state index in [1.54, 1.807) is 18.3 Å². The second-order valence-corrected chi connectivity index (χ2v) is 5.72. The van der Waals surface area contributed by atoms with Crippen molar-refractivity contribution in [2.24, 2.45) is 5.41 Å². The number of hydrogen-bond donors (Lipinski definition) is 1. The Kier molecular flexibility index (Phi) is 3.11. The first kappa shape index (κ1) is 12.6. The molecule has 0 spiro atoms. The molecule has 96 valence electrons. The molecule has 4 nitrogen and oxygen atoms in total. The summed E-state index contributed by atoms with van der Waals surface area (Å²) in [6.45, 7) is 7.35. The van der Waals surface area contributed by atoms with Gasteiger partial charge in [-0.05, 0) is 24.0 Å². The standard InChI is InChI=1S/C14H18N2O2/c1-14(2,3)7-8-16-12-6-4-5-10(13(17)18)11(12)9-15-16/h4-6,9H,7-8H2,1-3H3,(H,17,18). The van der Waals surface area contributed by atoms with Crippen molar-refractivity contribution in [3.63, 3.8) is 0 Å². The van der Waals surface area contributed by atoms with Gasteiger partial charge in [0, 0.05) is 11.9 Å². The summed E-state index contributed by atoms with van der Waals surface area (Å²) in [5.41, 5.74) is 1.44. The summed E-state index contributed by atoms with van der Waals surface area (Å²) in [5.74, 6) is -0.907. The molecule has 18 heavy (non-hydrogen) atoms. The summed E-state index contributed by atoms with van der Waals surface area (Å²) in [4.78, 5) is 11.1. The lowest BCUT2D eigenvalue weighted by atomic mass is 9.92. The number of nitrogens with zero attached hydrogens (tertiary/aromatic N) is 2. The molecule has 1 N–H and O–H groups in total. The highest BCUT2D eigenvalue weighted by atomic mass is 16.4. The summed E-state index contributed by atoms with van der Waals surface area (Å²) in [6, 6.07) is 5.29. The van der Waals surface area contributed by atoms with E-state index in [-0.39, 0.29) is 5.41 Å². The minimum atomic E-state index is -0.907. The van der Waals surface area contributed by atoms with Crippen LogP contribution in [-0.2, 0) is 6.54 Å². The fourth-order valence-electron chi connectivity index (χ4n) is 1.91. The van der Waals surface area contributed by atoms with Crippen LogP contribution in [0.4, 0.5) is 0 Å². The van der Waals surface area contributed by atoms with Crippen LogP contribution < -0.4 is 0 Å². The molecule has 1 aromatic heterocycles. The molecule has 4 heteroatoms. The van der Waals surface area contributed by atoms with E-state index in [2.05, 4.69) is 25.9 Å². The molecular formula is C14H18N2O2. The number of fused-ring (bicyclic) bond motifs is 1. The van der Waals surface area contributed by atoms with Gasteiger partial charge in [0.1, 0.15) is 0 Å². The zero-order chi connectivity index (χ0) is 13.3. The maximum atomic E-state index is 11.1. The van der Waals surface area contributed by atoms with E-state index in [9.17, 15) is 4.79 Å². The average Bonchev–Trinajstić information content (AvgIpc) is 2.68. The maximum absolute atomic E-state index is 11.1. The topological polar surface area (TPSA) is 55.1 Å². The molecule has 0 aliphatic carbocycles. The normalized spacial score (nSPS) is 11.9. The van der Waals surface area contributed by atoms with E-state index in [1.807, 2.05) is 10.7 Å². The number of carboxylic acids is 1. The van der Waals surface area contributed by atoms with E-state index in [0.717, 1.165) is 18.5 Å². The van der Waals surface area contributed by atoms with E-state index in [4.69, 9.17) is 5.11 Å². The number of benzene rings is 1. The van der Waals surface area contributed by atoms with Gasteiger partial charge in [-0.15, -0.1) is 0 Å². The summed E-state index contributed by atoms with van der Waals surface area (Å²) in [7, 11) is 0. The van der Waals surface area contributed by atoms with Crippen LogP contribution >= 0.6 is 0 Å². The molecule has 0 amide bonds. The van der Waals surface area contributed by atoms with Crippen LogP contribution in [0.3, 0.4) is 0 Å². The van der Waals surface area contributed by atoms with Crippen LogP contribution in [0.15, 0.2) is 24.4 Å². The zero-order valence-corrected chi connectivity index (χ0v) is 11.0. The molecule has 0 fully saturated rings. The second kappa shape index (κ2) is 4.44. The Morgan fingerprint density at radius 3 is 2.72 bits per heavy atom. The van der Waals surface area contributed by atoms with Gasteiger partial charge in [0.15, 0.2) is 0 Å². The van der Waals surface area contributed by atoms with Crippen LogP contribution in [0.25, 0.3) is 10.9 Å². The number of aromatic carboxylic acids is 1. The van der Waals surface area contributed by atoms with E-state index in [0.29, 0.717) is 10.9 Å². The van der Waals surface area contributed by atoms with E-state index < -0.39 is 5.97 Å². The van der Waals surface area contributed by atoms with Crippen molar-refractivity contribution in [3.8, 4) is 0 Å². The molecule has 0 saturated heterocycles. The van der Waals surface area contributed by atoms with Crippen LogP contribution in [0.1, 0.15) is 37.6 Å². The second-order valence-electron chi connectivity index (χ2n) is 5.72. The highest BCUT2D eigenvalue weighted by Gasteiger charge is 2.14. The fourth-order valence-corrected chi connectivity index (χ4v) is 1.91. The van der Waals surface area contributed by atoms with Gasteiger partial charge in [-0.25, -0.2) is 4.79 Å². The minimum absolute atomic E-state index is 0.239. The Morgan fingerprint density at radius 1 is 1.39 bits per heavy atom. The van der Waals surface area contributed by atoms with Crippen molar-refractivity contribution >= 4 is 16.9 Å². The van der Waals surface area contributed by atoms with Gasteiger partial charge in [-0.3, -0.25) is 4.68 Å². The Labute approximate surface area is 106 Å². The summed E-state index contributed by atoms with van der Waals surface area (Å²) in [6.07, 6.45) is 2.64. The Morgan fingerprint density at radius 2 is 2.11 bits per heavy atom. The van der Waals surface area contributed by atoms with Crippen molar-refractivity contribution in [1.29, 1.82) is 0 Å². The van der Waals surface area contributed by atoms with Crippen LogP contribution in [0.2, 0.25) is 0 Å². The van der Waals surface area contributed by atoms with Gasteiger partial charge in [0.2, 0.25) is 0 Å². The molecule has 0 saturated carbocycles. The molecule has 2 rings (SSSR count). The largest absolute Gasteiger partial charge is 0.478 e. The van der Waals surface area contributed by atoms with Crippen molar-refractivity contribution in [1.82, 2.24) is 9.78 Å². The lowest BCUT2D eigenvalue weighted by molar-refractivity contribution is 0.0699. The highest BCUT2D eigenvalue weighted by molar-refractivity contribution is 6.02. The summed E-state index contributed by atoms with van der Waals surface area (Å²) >= 11 is 0. The minimum Gasteiger partial charge on any atom is -0.478 e. The Bertz CT molecular complexity index is 579. The van der Waals surface area contributed by atoms with E-state index in [1.165, 1.54) is 0 Å². The molecule has 0 bridgehead atoms. The molecule has 2 aromatic rings. The highest BCUT2D eigenvalue weighted by Crippen LogP contribution is 2.23. The number of carboxylic acid groups (broad SMARTS) is 1. The zero-order valence-electron chi connectivity index (χ0n) is 11.0. The van der Waals surface area contributed by atoms with Crippen LogP contribution in [0.5, 0.6) is 0 Å². The van der Waals surface area contributed by atoms with Gasteiger partial charge < -0.3 is 5.11 Å². The quantitative estimate of drug-likeness (QED) is 0.905. The SMILES string of the molecule is CC(C)(C)CCn1ncc2c(C(=O)O)cccc21. The number of aromatic nitrogens is 2. The van der Waals surface area contributed by atoms with Crippen molar-refractivity contribution in [3.05, 3.63) is 30.0 Å². The van der Waals surface area contributed by atoms with Gasteiger partial charge in [-0.2, -0.15) is 5.10 Å². The molecular weight excluding hydrogens is 228 g/mol. The monoisotopic (exact) mass is 246 g/mol. The summed E-state index contributed by atoms with van der Waals surface area (Å²) in [5, 5.41) is 14.1. The van der Waals surface area contributed by atoms with Gasteiger partial charge in [0.25, 0.3) is 0 Å². The van der Waals surface area contributed by atoms with Crippen molar-refractivity contribution < 1.29 is 9.90 Å². The number of aryl methyl sites for hydroxylation is 1. The number of hydrogen-bond acceptors (Lipinski definition) is 2. The maximum Gasteiger partial charge on any atom is 0.336 e. The molecule has 0 atom stereocenters. The van der Waals surface area contributed by atoms with Crippen LogP contribution in [-0.4, -0.2) is 20.9 Å². The summed E-state index contributed by atoms with van der Waals surface area (Å²) < 4.78 is 1.88. The first-order chi connectivity index (χ1) is 8.38. The molecule has 0 unspecified atom stereocenters. The van der Waals surface area contributed by atoms with Gasteiger partial charge in [0.05, 0.1) is 17.3 Å². The third kappa shape index (κ3) is 2.53. The first-order valence-corrected chi connectivity index (χ1v) is 6.06. The molecule has 1 heterocycles. The predicted octanol–water partition coefficient (Wildman–Crippen LogP) is 3.17. The van der Waals surface area contributed by atoms with E-state index >= 15 is 0 Å². The first-order valence-electron chi connectivity index (χ1n) is 6.06. The van der Waals surface area contributed by atoms with Crippen molar-refractivity contribution in [2.75, 3.05) is 0 Å². The number of carbonyl (C=O) groups is 1. The fraction of sp³-hybridized carbons (Fsp3) is 0.429. The van der Waals surface area contributed by atoms with Gasteiger partial charge in [-0.1, -0.05) is 26.8 Å². The predicted molar refractivity (Wildman–Crippen MR) is 70.8 cm³/mol. The third-order valence-electron chi connectivity index (χ3n) is 2.99. The van der Waals surface area contributed by atoms with Gasteiger partial charge >= 0.3 is 5.97 Å². The molecule has 1 aromatic carbocycles. The lowest BCUT2D eigenvalue weighted by Crippen LogP contribution is -2.11. The molecule has 0 aliphatic rings. The molecule has 0 aliphatic heterocycles. The number of rotatable bonds is 3. The average molecular weight is 246 g/mol. The Hall–Kier alpha value is -1.84. The molecule has 0 radical (unpaired) electrons. The van der Waals surface area contributed by atoms with Crippen molar-refractivity contribution in [2.45, 2.75) is 33.7 Å². The lowest BCUT2D eigenvalue weighted by Gasteiger charge is -2.17. The smallest absolute Gasteiger partial charge is 0.336 e.